The number of anilines is 1. The average Bonchev–Trinajstić information content (AvgIpc) is 2.25. The lowest BCUT2D eigenvalue weighted by Crippen LogP contribution is -2.18. The molecule has 4 nitrogen and oxygen atoms in total. The van der Waals surface area contributed by atoms with E-state index in [0.29, 0.717) is 0 Å². The van der Waals surface area contributed by atoms with Crippen LogP contribution in [0.15, 0.2) is 18.3 Å². The van der Waals surface area contributed by atoms with E-state index in [9.17, 15) is 4.79 Å². The third-order valence-corrected chi connectivity index (χ3v) is 2.33. The minimum atomic E-state index is -0.951. The van der Waals surface area contributed by atoms with Crippen molar-refractivity contribution in [1.82, 2.24) is 4.98 Å². The Balaban J connectivity index is 2.95. The summed E-state index contributed by atoms with van der Waals surface area (Å²) in [5.74, 6) is -0.0256. The number of carboxylic acids is 1. The molecule has 4 heteroatoms. The highest BCUT2D eigenvalue weighted by Gasteiger charge is 2.04. The second-order valence-electron chi connectivity index (χ2n) is 3.59. The zero-order valence-electron chi connectivity index (χ0n) is 9.77. The molecule has 0 aromatic carbocycles. The molecule has 1 rings (SSSR count). The number of aryl methyl sites for hydroxylation is 1. The summed E-state index contributed by atoms with van der Waals surface area (Å²) in [6.07, 6.45) is 4.33. The number of aliphatic carboxylic acids is 1. The average molecular weight is 220 g/mol. The highest BCUT2D eigenvalue weighted by atomic mass is 16.4. The lowest BCUT2D eigenvalue weighted by atomic mass is 10.2. The molecule has 0 aliphatic carbocycles. The molecule has 0 saturated heterocycles. The van der Waals surface area contributed by atoms with E-state index in [0.717, 1.165) is 29.6 Å². The van der Waals surface area contributed by atoms with Crippen LogP contribution in [0.5, 0.6) is 0 Å². The van der Waals surface area contributed by atoms with Crippen molar-refractivity contribution >= 4 is 17.9 Å². The van der Waals surface area contributed by atoms with Crippen LogP contribution < -0.4 is 4.90 Å². The highest BCUT2D eigenvalue weighted by Crippen LogP contribution is 2.16. The van der Waals surface area contributed by atoms with Gasteiger partial charge in [0.25, 0.3) is 0 Å². The van der Waals surface area contributed by atoms with Gasteiger partial charge in [0.1, 0.15) is 5.82 Å². The summed E-state index contributed by atoms with van der Waals surface area (Å²) in [5, 5.41) is 8.51. The molecule has 0 aliphatic heterocycles. The van der Waals surface area contributed by atoms with Crippen molar-refractivity contribution in [2.24, 2.45) is 0 Å². The number of hydrogen-bond acceptors (Lipinski definition) is 3. The van der Waals surface area contributed by atoms with Crippen molar-refractivity contribution in [2.45, 2.75) is 13.8 Å². The van der Waals surface area contributed by atoms with Crippen molar-refractivity contribution in [3.05, 3.63) is 29.5 Å². The largest absolute Gasteiger partial charge is 0.478 e. The van der Waals surface area contributed by atoms with Crippen molar-refractivity contribution in [1.29, 1.82) is 0 Å². The maximum atomic E-state index is 10.4. The number of rotatable bonds is 4. The summed E-state index contributed by atoms with van der Waals surface area (Å²) in [7, 11) is 1.97. The molecule has 0 spiro atoms. The van der Waals surface area contributed by atoms with E-state index in [-0.39, 0.29) is 0 Å². The SMILES string of the molecule is CCN(C)c1ncc(/C=C/C(=O)O)cc1C. The molecule has 0 amide bonds. The van der Waals surface area contributed by atoms with Crippen LogP contribution in [-0.2, 0) is 4.79 Å². The van der Waals surface area contributed by atoms with Crippen LogP contribution in [0.4, 0.5) is 5.82 Å². The van der Waals surface area contributed by atoms with Gasteiger partial charge in [0.05, 0.1) is 0 Å². The Hall–Kier alpha value is -1.84. The first-order valence-electron chi connectivity index (χ1n) is 5.13. The molecule has 1 aromatic heterocycles. The van der Waals surface area contributed by atoms with Gasteiger partial charge in [-0.1, -0.05) is 0 Å². The van der Waals surface area contributed by atoms with Crippen molar-refractivity contribution in [3.63, 3.8) is 0 Å². The van der Waals surface area contributed by atoms with Gasteiger partial charge in [-0.05, 0) is 37.1 Å². The lowest BCUT2D eigenvalue weighted by molar-refractivity contribution is -0.131. The molecule has 1 aromatic rings. The Morgan fingerprint density at radius 1 is 1.62 bits per heavy atom. The third-order valence-electron chi connectivity index (χ3n) is 2.33. The summed E-state index contributed by atoms with van der Waals surface area (Å²) >= 11 is 0. The predicted molar refractivity (Wildman–Crippen MR) is 64.6 cm³/mol. The third kappa shape index (κ3) is 3.08. The summed E-state index contributed by atoms with van der Waals surface area (Å²) in [6, 6.07) is 1.92. The molecule has 0 saturated carbocycles. The number of nitrogens with zero attached hydrogens (tertiary/aromatic N) is 2. The van der Waals surface area contributed by atoms with Crippen LogP contribution in [-0.4, -0.2) is 29.7 Å². The zero-order valence-corrected chi connectivity index (χ0v) is 9.77. The molecular formula is C12H16N2O2. The van der Waals surface area contributed by atoms with Gasteiger partial charge in [-0.3, -0.25) is 0 Å². The molecule has 0 radical (unpaired) electrons. The van der Waals surface area contributed by atoms with E-state index in [2.05, 4.69) is 11.9 Å². The summed E-state index contributed by atoms with van der Waals surface area (Å²) in [4.78, 5) is 16.7. The summed E-state index contributed by atoms with van der Waals surface area (Å²) in [6.45, 7) is 4.91. The number of carbonyl (C=O) groups is 1. The lowest BCUT2D eigenvalue weighted by Gasteiger charge is -2.17. The molecule has 1 heterocycles. The Morgan fingerprint density at radius 2 is 2.31 bits per heavy atom. The van der Waals surface area contributed by atoms with E-state index < -0.39 is 5.97 Å². The van der Waals surface area contributed by atoms with Gasteiger partial charge in [-0.2, -0.15) is 0 Å². The normalized spacial score (nSPS) is 10.7. The molecule has 0 atom stereocenters. The maximum Gasteiger partial charge on any atom is 0.328 e. The standard InChI is InChI=1S/C12H16N2O2/c1-4-14(3)12-9(2)7-10(8-13-12)5-6-11(15)16/h5-8H,4H2,1-3H3,(H,15,16)/b6-5+. The highest BCUT2D eigenvalue weighted by molar-refractivity contribution is 5.85. The van der Waals surface area contributed by atoms with Crippen LogP contribution in [0.25, 0.3) is 6.08 Å². The molecule has 0 unspecified atom stereocenters. The minimum Gasteiger partial charge on any atom is -0.478 e. The molecule has 1 N–H and O–H groups in total. The predicted octanol–water partition coefficient (Wildman–Crippen LogP) is 1.94. The van der Waals surface area contributed by atoms with Gasteiger partial charge < -0.3 is 10.0 Å². The van der Waals surface area contributed by atoms with Gasteiger partial charge in [0, 0.05) is 25.9 Å². The number of aromatic nitrogens is 1. The monoisotopic (exact) mass is 220 g/mol. The van der Waals surface area contributed by atoms with Crippen LogP contribution >= 0.6 is 0 Å². The molecule has 0 bridgehead atoms. The number of carboxylic acid groups (broad SMARTS) is 1. The topological polar surface area (TPSA) is 53.4 Å². The first-order valence-corrected chi connectivity index (χ1v) is 5.13. The summed E-state index contributed by atoms with van der Waals surface area (Å²) in [5.41, 5.74) is 1.84. The number of pyridine rings is 1. The van der Waals surface area contributed by atoms with E-state index in [1.54, 1.807) is 6.20 Å². The molecular weight excluding hydrogens is 204 g/mol. The quantitative estimate of drug-likeness (QED) is 0.788. The maximum absolute atomic E-state index is 10.4. The van der Waals surface area contributed by atoms with Crippen molar-refractivity contribution in [3.8, 4) is 0 Å². The number of hydrogen-bond donors (Lipinski definition) is 1. The Morgan fingerprint density at radius 3 is 2.81 bits per heavy atom. The van der Waals surface area contributed by atoms with Crippen LogP contribution in [0.2, 0.25) is 0 Å². The van der Waals surface area contributed by atoms with Crippen LogP contribution in [0.3, 0.4) is 0 Å². The zero-order chi connectivity index (χ0) is 12.1. The first kappa shape index (κ1) is 12.2. The fourth-order valence-electron chi connectivity index (χ4n) is 1.40. The Kier molecular flexibility index (Phi) is 4.05. The van der Waals surface area contributed by atoms with E-state index >= 15 is 0 Å². The smallest absolute Gasteiger partial charge is 0.328 e. The Bertz CT molecular complexity index is 413. The van der Waals surface area contributed by atoms with Gasteiger partial charge in [0.15, 0.2) is 0 Å². The Labute approximate surface area is 95.2 Å². The van der Waals surface area contributed by atoms with Crippen LogP contribution in [0.1, 0.15) is 18.1 Å². The minimum absolute atomic E-state index is 0.799. The van der Waals surface area contributed by atoms with Gasteiger partial charge in [-0.25, -0.2) is 9.78 Å². The fraction of sp³-hybridized carbons (Fsp3) is 0.333. The van der Waals surface area contributed by atoms with E-state index in [1.165, 1.54) is 6.08 Å². The van der Waals surface area contributed by atoms with Crippen molar-refractivity contribution < 1.29 is 9.90 Å². The molecule has 0 fully saturated rings. The van der Waals surface area contributed by atoms with Gasteiger partial charge in [0.2, 0.25) is 0 Å². The first-order chi connectivity index (χ1) is 7.54. The van der Waals surface area contributed by atoms with E-state index in [4.69, 9.17) is 5.11 Å². The van der Waals surface area contributed by atoms with Crippen molar-refractivity contribution in [2.75, 3.05) is 18.5 Å². The van der Waals surface area contributed by atoms with Gasteiger partial charge in [-0.15, -0.1) is 0 Å². The molecule has 0 aliphatic rings. The second kappa shape index (κ2) is 5.30. The molecule has 86 valence electrons. The molecule has 16 heavy (non-hydrogen) atoms. The second-order valence-corrected chi connectivity index (χ2v) is 3.59. The van der Waals surface area contributed by atoms with Gasteiger partial charge >= 0.3 is 5.97 Å². The summed E-state index contributed by atoms with van der Waals surface area (Å²) < 4.78 is 0. The van der Waals surface area contributed by atoms with E-state index in [1.807, 2.05) is 24.9 Å². The van der Waals surface area contributed by atoms with Crippen LogP contribution in [0, 0.1) is 6.92 Å². The fourth-order valence-corrected chi connectivity index (χ4v) is 1.40.